The van der Waals surface area contributed by atoms with Gasteiger partial charge in [0.15, 0.2) is 0 Å². The maximum Gasteiger partial charge on any atom is 0.236 e. The van der Waals surface area contributed by atoms with E-state index in [1.165, 1.54) is 23.3 Å². The number of nitrogens with zero attached hydrogens (tertiary/aromatic N) is 2. The van der Waals surface area contributed by atoms with Crippen molar-refractivity contribution in [1.82, 2.24) is 9.88 Å². The number of hydrogen-bond donors (Lipinski definition) is 0. The molecule has 130 valence electrons. The first-order valence-electron chi connectivity index (χ1n) is 8.63. The smallest absolute Gasteiger partial charge is 0.236 e. The van der Waals surface area contributed by atoms with Crippen LogP contribution >= 0.6 is 0 Å². The predicted octanol–water partition coefficient (Wildman–Crippen LogP) is 3.69. The van der Waals surface area contributed by atoms with Crippen molar-refractivity contribution in [3.05, 3.63) is 42.0 Å². The molecule has 6 heteroatoms. The molecule has 0 bridgehead atoms. The second-order valence-corrected chi connectivity index (χ2v) is 6.95. The van der Waals surface area contributed by atoms with Gasteiger partial charge in [-0.3, -0.25) is 14.5 Å². The lowest BCUT2D eigenvalue weighted by Crippen LogP contribution is -2.36. The highest BCUT2D eigenvalue weighted by molar-refractivity contribution is 6.05. The fraction of sp³-hybridized carbons (Fsp3) is 0.421. The highest BCUT2D eigenvalue weighted by Gasteiger charge is 2.51. The largest absolute Gasteiger partial charge is 0.444 e. The second-order valence-electron chi connectivity index (χ2n) is 6.95. The van der Waals surface area contributed by atoms with Gasteiger partial charge < -0.3 is 4.42 Å². The Balaban J connectivity index is 1.51. The van der Waals surface area contributed by atoms with E-state index in [4.69, 9.17) is 4.42 Å². The number of benzene rings is 1. The van der Waals surface area contributed by atoms with Gasteiger partial charge in [-0.1, -0.05) is 19.3 Å². The summed E-state index contributed by atoms with van der Waals surface area (Å²) in [5.41, 5.74) is 0.683. The molecule has 0 atom stereocenters. The molecule has 0 unspecified atom stereocenters. The number of hydrogen-bond acceptors (Lipinski definition) is 4. The van der Waals surface area contributed by atoms with Crippen LogP contribution in [0.4, 0.5) is 4.39 Å². The lowest BCUT2D eigenvalue weighted by atomic mass is 9.73. The Kier molecular flexibility index (Phi) is 3.90. The fourth-order valence-electron chi connectivity index (χ4n) is 3.91. The lowest BCUT2D eigenvalue weighted by molar-refractivity contribution is -0.143. The molecule has 0 radical (unpaired) electrons. The molecular weight excluding hydrogens is 323 g/mol. The lowest BCUT2D eigenvalue weighted by Gasteiger charge is -2.30. The van der Waals surface area contributed by atoms with Gasteiger partial charge in [0.05, 0.1) is 17.7 Å². The molecule has 2 heterocycles. The molecule has 1 spiro atoms. The van der Waals surface area contributed by atoms with Crippen LogP contribution in [0.5, 0.6) is 0 Å². The van der Waals surface area contributed by atoms with E-state index in [9.17, 15) is 14.0 Å². The third kappa shape index (κ3) is 2.86. The number of aromatic nitrogens is 1. The summed E-state index contributed by atoms with van der Waals surface area (Å²) >= 11 is 0. The van der Waals surface area contributed by atoms with E-state index < -0.39 is 5.41 Å². The molecule has 1 aliphatic carbocycles. The van der Waals surface area contributed by atoms with Crippen LogP contribution in [-0.2, 0) is 16.1 Å². The number of halogens is 1. The van der Waals surface area contributed by atoms with Crippen molar-refractivity contribution in [1.29, 1.82) is 0 Å². The van der Waals surface area contributed by atoms with Crippen LogP contribution in [0.1, 0.15) is 44.2 Å². The van der Waals surface area contributed by atoms with Crippen LogP contribution < -0.4 is 0 Å². The SMILES string of the molecule is O=C1CC2(CCCCC2)C(=O)N1Cc1coc(-c2ccc(F)cc2)n1. The van der Waals surface area contributed by atoms with Crippen LogP contribution in [0.25, 0.3) is 11.5 Å². The van der Waals surface area contributed by atoms with Crippen molar-refractivity contribution in [2.75, 3.05) is 0 Å². The second kappa shape index (κ2) is 6.10. The maximum absolute atomic E-state index is 13.0. The fourth-order valence-corrected chi connectivity index (χ4v) is 3.91. The Bertz CT molecular complexity index is 806. The standard InChI is InChI=1S/C19H19FN2O3/c20-14-6-4-13(5-7-14)17-21-15(12-25-17)11-22-16(23)10-19(18(22)24)8-2-1-3-9-19/h4-7,12H,1-3,8-11H2. The van der Waals surface area contributed by atoms with Crippen LogP contribution in [0, 0.1) is 11.2 Å². The third-order valence-corrected chi connectivity index (χ3v) is 5.26. The molecule has 1 aliphatic heterocycles. The van der Waals surface area contributed by atoms with Crippen molar-refractivity contribution in [3.63, 3.8) is 0 Å². The Labute approximate surface area is 144 Å². The minimum Gasteiger partial charge on any atom is -0.444 e. The summed E-state index contributed by atoms with van der Waals surface area (Å²) in [6.45, 7) is 0.129. The average Bonchev–Trinajstić information content (AvgIpc) is 3.16. The van der Waals surface area contributed by atoms with E-state index in [1.54, 1.807) is 12.1 Å². The molecule has 0 N–H and O–H groups in total. The molecule has 5 nitrogen and oxygen atoms in total. The number of likely N-dealkylation sites (tertiary alicyclic amines) is 1. The highest BCUT2D eigenvalue weighted by atomic mass is 19.1. The molecule has 2 aromatic rings. The third-order valence-electron chi connectivity index (χ3n) is 5.26. The normalized spacial score (nSPS) is 19.8. The van der Waals surface area contributed by atoms with E-state index in [-0.39, 0.29) is 24.2 Å². The minimum atomic E-state index is -0.487. The van der Waals surface area contributed by atoms with E-state index in [0.717, 1.165) is 32.1 Å². The molecule has 1 aromatic carbocycles. The zero-order valence-corrected chi connectivity index (χ0v) is 13.8. The number of carbonyl (C=O) groups excluding carboxylic acids is 2. The van der Waals surface area contributed by atoms with Crippen LogP contribution in [-0.4, -0.2) is 21.7 Å². The van der Waals surface area contributed by atoms with Crippen molar-refractivity contribution in [3.8, 4) is 11.5 Å². The summed E-state index contributed by atoms with van der Waals surface area (Å²) in [6, 6.07) is 5.82. The Hall–Kier alpha value is -2.50. The quantitative estimate of drug-likeness (QED) is 0.798. The number of imide groups is 1. The highest BCUT2D eigenvalue weighted by Crippen LogP contribution is 2.45. The summed E-state index contributed by atoms with van der Waals surface area (Å²) in [7, 11) is 0. The first-order valence-corrected chi connectivity index (χ1v) is 8.63. The number of rotatable bonds is 3. The Morgan fingerprint density at radius 2 is 1.84 bits per heavy atom. The molecule has 2 fully saturated rings. The predicted molar refractivity (Wildman–Crippen MR) is 87.6 cm³/mol. The molecule has 2 amide bonds. The van der Waals surface area contributed by atoms with Crippen LogP contribution in [0.15, 0.2) is 34.9 Å². The van der Waals surface area contributed by atoms with Gasteiger partial charge in [-0.2, -0.15) is 0 Å². The zero-order chi connectivity index (χ0) is 17.4. The van der Waals surface area contributed by atoms with E-state index in [0.29, 0.717) is 23.6 Å². The van der Waals surface area contributed by atoms with E-state index in [2.05, 4.69) is 4.98 Å². The van der Waals surface area contributed by atoms with E-state index >= 15 is 0 Å². The Morgan fingerprint density at radius 3 is 2.56 bits per heavy atom. The van der Waals surface area contributed by atoms with Crippen molar-refractivity contribution < 1.29 is 18.4 Å². The number of amides is 2. The summed E-state index contributed by atoms with van der Waals surface area (Å²) in [6.07, 6.45) is 6.51. The molecular formula is C19H19FN2O3. The molecule has 1 aromatic heterocycles. The molecule has 25 heavy (non-hydrogen) atoms. The summed E-state index contributed by atoms with van der Waals surface area (Å²) in [5, 5.41) is 0. The molecule has 2 aliphatic rings. The summed E-state index contributed by atoms with van der Waals surface area (Å²) in [4.78, 5) is 30.9. The minimum absolute atomic E-state index is 0.0662. The molecule has 1 saturated heterocycles. The van der Waals surface area contributed by atoms with Crippen LogP contribution in [0.2, 0.25) is 0 Å². The van der Waals surface area contributed by atoms with Gasteiger partial charge in [0, 0.05) is 12.0 Å². The van der Waals surface area contributed by atoms with Gasteiger partial charge in [-0.05, 0) is 37.1 Å². The topological polar surface area (TPSA) is 63.4 Å². The van der Waals surface area contributed by atoms with Crippen molar-refractivity contribution >= 4 is 11.8 Å². The molecule has 1 saturated carbocycles. The Morgan fingerprint density at radius 1 is 1.12 bits per heavy atom. The van der Waals surface area contributed by atoms with Crippen molar-refractivity contribution in [2.45, 2.75) is 45.1 Å². The van der Waals surface area contributed by atoms with E-state index in [1.807, 2.05) is 0 Å². The molecule has 4 rings (SSSR count). The van der Waals surface area contributed by atoms with Crippen LogP contribution in [0.3, 0.4) is 0 Å². The average molecular weight is 342 g/mol. The summed E-state index contributed by atoms with van der Waals surface area (Å²) in [5.74, 6) is -0.176. The van der Waals surface area contributed by atoms with Crippen molar-refractivity contribution in [2.24, 2.45) is 5.41 Å². The van der Waals surface area contributed by atoms with Gasteiger partial charge >= 0.3 is 0 Å². The van der Waals surface area contributed by atoms with Gasteiger partial charge in [-0.15, -0.1) is 0 Å². The first-order chi connectivity index (χ1) is 12.1. The van der Waals surface area contributed by atoms with Gasteiger partial charge in [0.1, 0.15) is 12.1 Å². The number of carbonyl (C=O) groups is 2. The van der Waals surface area contributed by atoms with Gasteiger partial charge in [0.2, 0.25) is 17.7 Å². The van der Waals surface area contributed by atoms with Gasteiger partial charge in [-0.25, -0.2) is 9.37 Å². The number of oxazole rings is 1. The zero-order valence-electron chi connectivity index (χ0n) is 13.8. The monoisotopic (exact) mass is 342 g/mol. The summed E-state index contributed by atoms with van der Waals surface area (Å²) < 4.78 is 18.4. The maximum atomic E-state index is 13.0. The van der Waals surface area contributed by atoms with Gasteiger partial charge in [0.25, 0.3) is 0 Å². The first kappa shape index (κ1) is 16.0.